The van der Waals surface area contributed by atoms with E-state index in [9.17, 15) is 9.59 Å². The highest BCUT2D eigenvalue weighted by atomic mass is 16.6. The number of aromatic nitrogens is 4. The van der Waals surface area contributed by atoms with Gasteiger partial charge in [-0.25, -0.2) is 19.4 Å². The number of fused-ring (bicyclic) bond motifs is 1. The Morgan fingerprint density at radius 1 is 0.920 bits per heavy atom. The summed E-state index contributed by atoms with van der Waals surface area (Å²) >= 11 is 0. The first-order valence-corrected chi connectivity index (χ1v) is 16.9. The zero-order chi connectivity index (χ0) is 34.8. The van der Waals surface area contributed by atoms with Crippen molar-refractivity contribution in [3.8, 4) is 17.2 Å². The van der Waals surface area contributed by atoms with Gasteiger partial charge in [0.2, 0.25) is 0 Å². The van der Waals surface area contributed by atoms with E-state index in [1.54, 1.807) is 54.7 Å². The molecular formula is C38H41N7O5. The molecule has 7 rings (SSSR count). The first-order valence-electron chi connectivity index (χ1n) is 16.9. The lowest BCUT2D eigenvalue weighted by Crippen LogP contribution is -2.36. The zero-order valence-corrected chi connectivity index (χ0v) is 28.7. The fourth-order valence-corrected chi connectivity index (χ4v) is 6.01. The third-order valence-electron chi connectivity index (χ3n) is 8.69. The van der Waals surface area contributed by atoms with Crippen LogP contribution in [0.3, 0.4) is 0 Å². The Balaban J connectivity index is 1.12. The van der Waals surface area contributed by atoms with Crippen molar-refractivity contribution >= 4 is 34.7 Å². The molecule has 3 aromatic heterocycles. The van der Waals surface area contributed by atoms with E-state index in [-0.39, 0.29) is 18.0 Å². The van der Waals surface area contributed by atoms with Crippen LogP contribution in [0.5, 0.6) is 17.2 Å². The van der Waals surface area contributed by atoms with Gasteiger partial charge in [0.25, 0.3) is 5.91 Å². The van der Waals surface area contributed by atoms with E-state index in [0.29, 0.717) is 65.3 Å². The number of carbonyl (C=O) groups is 2. The van der Waals surface area contributed by atoms with Gasteiger partial charge < -0.3 is 29.7 Å². The van der Waals surface area contributed by atoms with Crippen LogP contribution >= 0.6 is 0 Å². The maximum atomic E-state index is 13.0. The molecule has 1 aliphatic carbocycles. The van der Waals surface area contributed by atoms with E-state index >= 15 is 0 Å². The summed E-state index contributed by atoms with van der Waals surface area (Å²) in [5.41, 5.74) is 2.78. The lowest BCUT2D eigenvalue weighted by molar-refractivity contribution is 0.0293. The van der Waals surface area contributed by atoms with Crippen molar-refractivity contribution in [1.82, 2.24) is 24.6 Å². The van der Waals surface area contributed by atoms with E-state index < -0.39 is 5.60 Å². The Hall–Kier alpha value is -5.65. The number of carbonyl (C=O) groups excluding carboxylic acids is 2. The van der Waals surface area contributed by atoms with Gasteiger partial charge in [0.1, 0.15) is 34.1 Å². The lowest BCUT2D eigenvalue weighted by atomic mass is 10.1. The summed E-state index contributed by atoms with van der Waals surface area (Å²) in [6.07, 6.45) is 6.18. The number of pyridine rings is 2. The predicted molar refractivity (Wildman–Crippen MR) is 190 cm³/mol. The molecule has 1 aliphatic heterocycles. The number of likely N-dealkylation sites (tertiary alicyclic amines) is 1. The fraction of sp³-hybridized carbons (Fsp3) is 0.342. The van der Waals surface area contributed by atoms with Crippen molar-refractivity contribution in [2.75, 3.05) is 30.8 Å². The van der Waals surface area contributed by atoms with Gasteiger partial charge in [0.05, 0.1) is 13.7 Å². The highest BCUT2D eigenvalue weighted by Gasteiger charge is 2.31. The molecule has 1 atom stereocenters. The molecule has 2 N–H and O–H groups in total. The van der Waals surface area contributed by atoms with Crippen molar-refractivity contribution in [2.24, 2.45) is 0 Å². The zero-order valence-electron chi connectivity index (χ0n) is 28.7. The summed E-state index contributed by atoms with van der Waals surface area (Å²) in [4.78, 5) is 36.5. The summed E-state index contributed by atoms with van der Waals surface area (Å²) < 4.78 is 19.2. The van der Waals surface area contributed by atoms with E-state index in [1.807, 2.05) is 61.9 Å². The molecule has 1 saturated carbocycles. The molecule has 0 unspecified atom stereocenters. The molecule has 2 amide bonds. The smallest absolute Gasteiger partial charge is 0.410 e. The minimum Gasteiger partial charge on any atom is -0.497 e. The van der Waals surface area contributed by atoms with Crippen LogP contribution in [-0.4, -0.2) is 68.5 Å². The molecule has 2 aliphatic rings. The first kappa shape index (κ1) is 32.9. The van der Waals surface area contributed by atoms with Crippen LogP contribution in [0.2, 0.25) is 0 Å². The van der Waals surface area contributed by atoms with Crippen molar-refractivity contribution in [3.63, 3.8) is 0 Å². The number of rotatable bonds is 10. The quantitative estimate of drug-likeness (QED) is 0.157. The summed E-state index contributed by atoms with van der Waals surface area (Å²) in [5.74, 6) is 3.35. The molecule has 0 radical (unpaired) electrons. The average Bonchev–Trinajstić information content (AvgIpc) is 3.75. The van der Waals surface area contributed by atoms with Crippen LogP contribution in [0.15, 0.2) is 79.1 Å². The highest BCUT2D eigenvalue weighted by molar-refractivity contribution is 6.03. The largest absolute Gasteiger partial charge is 0.497 e. The molecular weight excluding hydrogens is 634 g/mol. The molecule has 5 aromatic rings. The number of ether oxygens (including phenoxy) is 3. The normalized spacial score (nSPS) is 15.9. The Morgan fingerprint density at radius 3 is 2.38 bits per heavy atom. The van der Waals surface area contributed by atoms with Crippen molar-refractivity contribution in [3.05, 3.63) is 95.8 Å². The van der Waals surface area contributed by atoms with Gasteiger partial charge in [-0.15, -0.1) is 0 Å². The molecule has 50 heavy (non-hydrogen) atoms. The van der Waals surface area contributed by atoms with E-state index in [4.69, 9.17) is 24.3 Å². The number of methoxy groups -OCH3 is 1. The van der Waals surface area contributed by atoms with Crippen LogP contribution in [0, 0.1) is 0 Å². The minimum atomic E-state index is -0.572. The maximum absolute atomic E-state index is 13.0. The summed E-state index contributed by atoms with van der Waals surface area (Å²) in [5, 5.41) is 12.1. The highest BCUT2D eigenvalue weighted by Crippen LogP contribution is 2.40. The number of nitrogens with zero attached hydrogens (tertiary/aromatic N) is 5. The Morgan fingerprint density at radius 2 is 1.66 bits per heavy atom. The standard InChI is InChI=1S/C38H41N7O5/c1-38(2,3)50-37(47)44-20-17-28(23-44)41-34-33-31(16-19-40-35(33)45(43-34)22-24-5-11-29(48-4)12-6-24)49-30-13-9-26(10-14-30)36(46)42-32-21-27(15-18-39-32)25-7-8-25/h5-6,9-16,18-19,21,25,28H,7-8,17,20,22-23H2,1-4H3,(H,41,43)(H,39,42,46)/t28-/m0/s1. The third-order valence-corrected chi connectivity index (χ3v) is 8.69. The van der Waals surface area contributed by atoms with Gasteiger partial charge in [-0.3, -0.25) is 4.79 Å². The number of hydrogen-bond acceptors (Lipinski definition) is 9. The molecule has 12 heteroatoms. The number of nitrogens with one attached hydrogen (secondary N) is 2. The predicted octanol–water partition coefficient (Wildman–Crippen LogP) is 7.23. The minimum absolute atomic E-state index is 0.0552. The molecule has 1 saturated heterocycles. The van der Waals surface area contributed by atoms with Crippen molar-refractivity contribution in [2.45, 2.75) is 64.1 Å². The van der Waals surface area contributed by atoms with E-state index in [2.05, 4.69) is 15.6 Å². The van der Waals surface area contributed by atoms with Crippen LogP contribution in [0.25, 0.3) is 11.0 Å². The summed E-state index contributed by atoms with van der Waals surface area (Å²) in [6.45, 7) is 7.10. The van der Waals surface area contributed by atoms with Crippen molar-refractivity contribution < 1.29 is 23.8 Å². The molecule has 0 spiro atoms. The molecule has 4 heterocycles. The van der Waals surface area contributed by atoms with Gasteiger partial charge in [-0.1, -0.05) is 12.1 Å². The van der Waals surface area contributed by atoms with Crippen LogP contribution < -0.4 is 20.1 Å². The second-order valence-corrected chi connectivity index (χ2v) is 13.7. The van der Waals surface area contributed by atoms with Gasteiger partial charge in [-0.2, -0.15) is 5.10 Å². The van der Waals surface area contributed by atoms with Gasteiger partial charge >= 0.3 is 6.09 Å². The van der Waals surface area contributed by atoms with Crippen LogP contribution in [0.4, 0.5) is 16.4 Å². The summed E-state index contributed by atoms with van der Waals surface area (Å²) in [7, 11) is 1.64. The Labute approximate surface area is 290 Å². The molecule has 0 bridgehead atoms. The lowest BCUT2D eigenvalue weighted by Gasteiger charge is -2.24. The monoisotopic (exact) mass is 675 g/mol. The fourth-order valence-electron chi connectivity index (χ4n) is 6.01. The number of amides is 2. The maximum Gasteiger partial charge on any atom is 0.410 e. The topological polar surface area (TPSA) is 133 Å². The second kappa shape index (κ2) is 13.7. The Kier molecular flexibility index (Phi) is 9.00. The van der Waals surface area contributed by atoms with Gasteiger partial charge in [0, 0.05) is 43.2 Å². The van der Waals surface area contributed by atoms with Crippen LogP contribution in [-0.2, 0) is 11.3 Å². The van der Waals surface area contributed by atoms with Gasteiger partial charge in [-0.05, 0) is 106 Å². The second-order valence-electron chi connectivity index (χ2n) is 13.7. The SMILES string of the molecule is COc1ccc(Cn2nc(N[C@H]3CCN(C(=O)OC(C)(C)C)C3)c3c(Oc4ccc(C(=O)Nc5cc(C6CC6)ccn5)cc4)ccnc32)cc1. The summed E-state index contributed by atoms with van der Waals surface area (Å²) in [6, 6.07) is 20.5. The molecule has 12 nitrogen and oxygen atoms in total. The average molecular weight is 676 g/mol. The van der Waals surface area contributed by atoms with Crippen molar-refractivity contribution in [1.29, 1.82) is 0 Å². The van der Waals surface area contributed by atoms with E-state index in [1.165, 1.54) is 18.4 Å². The molecule has 258 valence electrons. The van der Waals surface area contributed by atoms with Gasteiger partial charge in [0.15, 0.2) is 11.5 Å². The van der Waals surface area contributed by atoms with Crippen LogP contribution in [0.1, 0.15) is 67.4 Å². The molecule has 2 fully saturated rings. The van der Waals surface area contributed by atoms with E-state index in [0.717, 1.165) is 17.7 Å². The number of benzene rings is 2. The number of hydrogen-bond donors (Lipinski definition) is 2. The first-order chi connectivity index (χ1) is 24.1. The molecule has 2 aromatic carbocycles. The third kappa shape index (κ3) is 7.64. The number of anilines is 2. The Bertz CT molecular complexity index is 2000.